The number of nitrogens with two attached hydrogens (primary N) is 1. The number of rotatable bonds is 6. The zero-order valence-corrected chi connectivity index (χ0v) is 12.0. The molecule has 1 heterocycles. The van der Waals surface area contributed by atoms with E-state index in [2.05, 4.69) is 16.9 Å². The van der Waals surface area contributed by atoms with E-state index in [4.69, 9.17) is 10.5 Å². The lowest BCUT2D eigenvalue weighted by atomic mass is 10.1. The third-order valence-corrected chi connectivity index (χ3v) is 2.99. The molecular formula is C16H21N3O. The highest BCUT2D eigenvalue weighted by Gasteiger charge is 2.18. The second kappa shape index (κ2) is 7.01. The second-order valence-electron chi connectivity index (χ2n) is 4.64. The van der Waals surface area contributed by atoms with Crippen molar-refractivity contribution in [2.75, 3.05) is 12.3 Å². The summed E-state index contributed by atoms with van der Waals surface area (Å²) >= 11 is 0. The maximum absolute atomic E-state index is 5.90. The first-order valence-electron chi connectivity index (χ1n) is 7.04. The minimum Gasteiger partial charge on any atom is -0.384 e. The number of aromatic nitrogens is 2. The largest absolute Gasteiger partial charge is 0.384 e. The Morgan fingerprint density at radius 2 is 1.90 bits per heavy atom. The van der Waals surface area contributed by atoms with Gasteiger partial charge in [0.15, 0.2) is 5.82 Å². The zero-order chi connectivity index (χ0) is 14.4. The van der Waals surface area contributed by atoms with Crippen LogP contribution < -0.4 is 5.73 Å². The number of nitrogen functional groups attached to an aromatic ring is 1. The monoisotopic (exact) mass is 271 g/mol. The van der Waals surface area contributed by atoms with Gasteiger partial charge in [0.05, 0.1) is 0 Å². The van der Waals surface area contributed by atoms with Gasteiger partial charge in [0.2, 0.25) is 0 Å². The number of anilines is 1. The van der Waals surface area contributed by atoms with Crippen molar-refractivity contribution in [2.24, 2.45) is 0 Å². The maximum atomic E-state index is 5.90. The fourth-order valence-electron chi connectivity index (χ4n) is 2.16. The molecule has 1 aromatic heterocycles. The van der Waals surface area contributed by atoms with Gasteiger partial charge in [0, 0.05) is 18.4 Å². The highest BCUT2D eigenvalue weighted by Crippen LogP contribution is 2.24. The summed E-state index contributed by atoms with van der Waals surface area (Å²) in [5, 5.41) is 0. The summed E-state index contributed by atoms with van der Waals surface area (Å²) in [6, 6.07) is 11.8. The van der Waals surface area contributed by atoms with E-state index < -0.39 is 0 Å². The molecule has 0 fully saturated rings. The number of aryl methyl sites for hydroxylation is 1. The molecule has 0 aliphatic rings. The van der Waals surface area contributed by atoms with Crippen LogP contribution in [-0.2, 0) is 11.2 Å². The molecule has 0 amide bonds. The van der Waals surface area contributed by atoms with Crippen LogP contribution in [0.15, 0.2) is 36.4 Å². The maximum Gasteiger partial charge on any atom is 0.164 e. The van der Waals surface area contributed by atoms with Crippen LogP contribution in [-0.4, -0.2) is 16.6 Å². The summed E-state index contributed by atoms with van der Waals surface area (Å²) in [4.78, 5) is 8.96. The molecule has 106 valence electrons. The van der Waals surface area contributed by atoms with Gasteiger partial charge in [-0.1, -0.05) is 43.7 Å². The quantitative estimate of drug-likeness (QED) is 0.876. The molecule has 1 atom stereocenters. The summed E-state index contributed by atoms with van der Waals surface area (Å²) in [5.74, 6) is 1.14. The molecule has 0 spiro atoms. The highest BCUT2D eigenvalue weighted by atomic mass is 16.5. The second-order valence-corrected chi connectivity index (χ2v) is 4.64. The molecule has 2 rings (SSSR count). The fraction of sp³-hybridized carbons (Fsp3) is 0.375. The van der Waals surface area contributed by atoms with E-state index in [1.165, 1.54) is 0 Å². The Hall–Kier alpha value is -1.94. The van der Waals surface area contributed by atoms with Gasteiger partial charge in [0.1, 0.15) is 11.9 Å². The number of benzene rings is 1. The standard InChI is InChI=1S/C16H21N3O/c1-3-8-13-11-14(17)19-16(18-13)15(20-4-2)12-9-6-5-7-10-12/h5-7,9-11,15H,3-4,8H2,1-2H3,(H2,17,18,19). The van der Waals surface area contributed by atoms with E-state index >= 15 is 0 Å². The van der Waals surface area contributed by atoms with Gasteiger partial charge < -0.3 is 10.5 Å². The van der Waals surface area contributed by atoms with E-state index in [-0.39, 0.29) is 6.10 Å². The van der Waals surface area contributed by atoms with Crippen LogP contribution in [0.5, 0.6) is 0 Å². The number of ether oxygens (including phenoxy) is 1. The van der Waals surface area contributed by atoms with E-state index in [0.717, 1.165) is 24.1 Å². The molecule has 0 aliphatic heterocycles. The van der Waals surface area contributed by atoms with E-state index in [0.29, 0.717) is 18.2 Å². The van der Waals surface area contributed by atoms with Gasteiger partial charge in [-0.2, -0.15) is 0 Å². The fourth-order valence-corrected chi connectivity index (χ4v) is 2.16. The van der Waals surface area contributed by atoms with Crippen LogP contribution in [0, 0.1) is 0 Å². The van der Waals surface area contributed by atoms with Gasteiger partial charge in [-0.15, -0.1) is 0 Å². The molecule has 0 aliphatic carbocycles. The van der Waals surface area contributed by atoms with Crippen molar-refractivity contribution in [2.45, 2.75) is 32.8 Å². The smallest absolute Gasteiger partial charge is 0.164 e. The molecular weight excluding hydrogens is 250 g/mol. The first-order valence-corrected chi connectivity index (χ1v) is 7.04. The van der Waals surface area contributed by atoms with Crippen molar-refractivity contribution in [3.63, 3.8) is 0 Å². The molecule has 2 aromatic rings. The third kappa shape index (κ3) is 3.54. The molecule has 0 saturated heterocycles. The van der Waals surface area contributed by atoms with Crippen LogP contribution in [0.1, 0.15) is 43.5 Å². The average Bonchev–Trinajstić information content (AvgIpc) is 2.45. The first-order chi connectivity index (χ1) is 9.74. The Morgan fingerprint density at radius 1 is 1.15 bits per heavy atom. The zero-order valence-electron chi connectivity index (χ0n) is 12.0. The molecule has 4 heteroatoms. The molecule has 1 unspecified atom stereocenters. The van der Waals surface area contributed by atoms with Crippen LogP contribution in [0.25, 0.3) is 0 Å². The van der Waals surface area contributed by atoms with Crippen LogP contribution in [0.3, 0.4) is 0 Å². The summed E-state index contributed by atoms with van der Waals surface area (Å²) in [6.45, 7) is 4.69. The summed E-state index contributed by atoms with van der Waals surface area (Å²) in [6.07, 6.45) is 1.66. The van der Waals surface area contributed by atoms with Crippen LogP contribution >= 0.6 is 0 Å². The lowest BCUT2D eigenvalue weighted by Gasteiger charge is -2.17. The van der Waals surface area contributed by atoms with Crippen molar-refractivity contribution >= 4 is 5.82 Å². The highest BCUT2D eigenvalue weighted by molar-refractivity contribution is 5.32. The van der Waals surface area contributed by atoms with E-state index in [1.54, 1.807) is 0 Å². The Kier molecular flexibility index (Phi) is 5.07. The Bertz CT molecular complexity index is 543. The summed E-state index contributed by atoms with van der Waals surface area (Å²) in [7, 11) is 0. The van der Waals surface area contributed by atoms with Gasteiger partial charge >= 0.3 is 0 Å². The summed E-state index contributed by atoms with van der Waals surface area (Å²) in [5.41, 5.74) is 7.91. The van der Waals surface area contributed by atoms with Crippen molar-refractivity contribution in [1.29, 1.82) is 0 Å². The van der Waals surface area contributed by atoms with Gasteiger partial charge in [0.25, 0.3) is 0 Å². The van der Waals surface area contributed by atoms with Crippen molar-refractivity contribution in [3.05, 3.63) is 53.5 Å². The SMILES string of the molecule is CCCc1cc(N)nc(C(OCC)c2ccccc2)n1. The minimum atomic E-state index is -0.264. The van der Waals surface area contributed by atoms with E-state index in [1.807, 2.05) is 43.3 Å². The van der Waals surface area contributed by atoms with Gasteiger partial charge in [-0.25, -0.2) is 9.97 Å². The van der Waals surface area contributed by atoms with Crippen LogP contribution in [0.4, 0.5) is 5.82 Å². The molecule has 0 radical (unpaired) electrons. The first kappa shape index (κ1) is 14.5. The van der Waals surface area contributed by atoms with Crippen molar-refractivity contribution in [1.82, 2.24) is 9.97 Å². The third-order valence-electron chi connectivity index (χ3n) is 2.99. The van der Waals surface area contributed by atoms with Crippen molar-refractivity contribution in [3.8, 4) is 0 Å². The minimum absolute atomic E-state index is 0.264. The van der Waals surface area contributed by atoms with Crippen molar-refractivity contribution < 1.29 is 4.74 Å². The Morgan fingerprint density at radius 3 is 2.55 bits per heavy atom. The molecule has 4 nitrogen and oxygen atoms in total. The number of hydrogen-bond donors (Lipinski definition) is 1. The lowest BCUT2D eigenvalue weighted by molar-refractivity contribution is 0.0850. The Balaban J connectivity index is 2.38. The predicted molar refractivity (Wildman–Crippen MR) is 80.4 cm³/mol. The number of hydrogen-bond acceptors (Lipinski definition) is 4. The molecule has 20 heavy (non-hydrogen) atoms. The van der Waals surface area contributed by atoms with Gasteiger partial charge in [-0.3, -0.25) is 0 Å². The molecule has 2 N–H and O–H groups in total. The molecule has 0 saturated carbocycles. The number of nitrogens with zero attached hydrogens (tertiary/aromatic N) is 2. The normalized spacial score (nSPS) is 12.3. The van der Waals surface area contributed by atoms with Crippen LogP contribution in [0.2, 0.25) is 0 Å². The molecule has 0 bridgehead atoms. The lowest BCUT2D eigenvalue weighted by Crippen LogP contribution is -2.13. The Labute approximate surface area is 120 Å². The topological polar surface area (TPSA) is 61.0 Å². The average molecular weight is 271 g/mol. The van der Waals surface area contributed by atoms with Gasteiger partial charge in [-0.05, 0) is 18.9 Å². The van der Waals surface area contributed by atoms with E-state index in [9.17, 15) is 0 Å². The predicted octanol–water partition coefficient (Wildman–Crippen LogP) is 3.14. The molecule has 1 aromatic carbocycles. The summed E-state index contributed by atoms with van der Waals surface area (Å²) < 4.78 is 5.82.